The van der Waals surface area contributed by atoms with Crippen molar-refractivity contribution in [3.8, 4) is 0 Å². The number of hydrogen-bond donors (Lipinski definition) is 0. The number of amides is 1. The molecule has 1 fully saturated rings. The van der Waals surface area contributed by atoms with E-state index in [1.807, 2.05) is 11.9 Å². The summed E-state index contributed by atoms with van der Waals surface area (Å²) in [5.74, 6) is 0.180. The highest BCUT2D eigenvalue weighted by Gasteiger charge is 2.31. The first kappa shape index (κ1) is 11.5. The molecule has 1 amide bonds. The van der Waals surface area contributed by atoms with Crippen LogP contribution in [0.5, 0.6) is 0 Å². The molecule has 1 rings (SSSR count). The van der Waals surface area contributed by atoms with Crippen molar-refractivity contribution in [3.63, 3.8) is 0 Å². The Balaban J connectivity index is 2.62. The highest BCUT2D eigenvalue weighted by Crippen LogP contribution is 2.24. The molecule has 14 heavy (non-hydrogen) atoms. The number of carbonyl (C=O) groups excluding carboxylic acids is 1. The fourth-order valence-corrected chi connectivity index (χ4v) is 2.22. The van der Waals surface area contributed by atoms with Gasteiger partial charge in [-0.2, -0.15) is 0 Å². The van der Waals surface area contributed by atoms with Crippen LogP contribution in [0.25, 0.3) is 0 Å². The molecule has 0 saturated carbocycles. The SMILES string of the molecule is CC(=O)N(C)C1CC(C)N(C)C(C)C1. The molecule has 0 radical (unpaired) electrons. The molecule has 0 aromatic rings. The number of likely N-dealkylation sites (tertiary alicyclic amines) is 1. The Labute approximate surface area is 87.1 Å². The molecule has 3 nitrogen and oxygen atoms in total. The molecule has 0 bridgehead atoms. The normalized spacial score (nSPS) is 34.2. The van der Waals surface area contributed by atoms with E-state index >= 15 is 0 Å². The lowest BCUT2D eigenvalue weighted by Crippen LogP contribution is -2.51. The van der Waals surface area contributed by atoms with Gasteiger partial charge in [-0.15, -0.1) is 0 Å². The molecule has 0 aromatic heterocycles. The van der Waals surface area contributed by atoms with Gasteiger partial charge in [-0.05, 0) is 33.7 Å². The third-order valence-electron chi connectivity index (χ3n) is 3.66. The van der Waals surface area contributed by atoms with Crippen molar-refractivity contribution in [3.05, 3.63) is 0 Å². The van der Waals surface area contributed by atoms with Crippen molar-refractivity contribution in [1.82, 2.24) is 9.80 Å². The highest BCUT2D eigenvalue weighted by atomic mass is 16.2. The third-order valence-corrected chi connectivity index (χ3v) is 3.66. The van der Waals surface area contributed by atoms with E-state index in [1.54, 1.807) is 6.92 Å². The van der Waals surface area contributed by atoms with E-state index < -0.39 is 0 Å². The Hall–Kier alpha value is -0.570. The summed E-state index contributed by atoms with van der Waals surface area (Å²) in [5.41, 5.74) is 0. The van der Waals surface area contributed by atoms with Gasteiger partial charge in [0.05, 0.1) is 0 Å². The Bertz CT molecular complexity index is 205. The van der Waals surface area contributed by atoms with Crippen molar-refractivity contribution < 1.29 is 4.79 Å². The van der Waals surface area contributed by atoms with Crippen LogP contribution in [-0.2, 0) is 4.79 Å². The molecule has 2 unspecified atom stereocenters. The second-order valence-corrected chi connectivity index (χ2v) is 4.62. The van der Waals surface area contributed by atoms with Crippen molar-refractivity contribution in [2.75, 3.05) is 14.1 Å². The minimum Gasteiger partial charge on any atom is -0.343 e. The van der Waals surface area contributed by atoms with Crippen LogP contribution >= 0.6 is 0 Å². The lowest BCUT2D eigenvalue weighted by Gasteiger charge is -2.43. The quantitative estimate of drug-likeness (QED) is 0.634. The molecule has 0 aromatic carbocycles. The van der Waals surface area contributed by atoms with E-state index in [0.717, 1.165) is 12.8 Å². The largest absolute Gasteiger partial charge is 0.343 e. The molecule has 1 aliphatic heterocycles. The van der Waals surface area contributed by atoms with E-state index in [4.69, 9.17) is 0 Å². The molecule has 0 N–H and O–H groups in total. The van der Waals surface area contributed by atoms with E-state index in [-0.39, 0.29) is 5.91 Å². The van der Waals surface area contributed by atoms with E-state index in [1.165, 1.54) is 0 Å². The molecular weight excluding hydrogens is 176 g/mol. The molecule has 1 heterocycles. The van der Waals surface area contributed by atoms with Crippen LogP contribution < -0.4 is 0 Å². The number of carbonyl (C=O) groups is 1. The van der Waals surface area contributed by atoms with Gasteiger partial charge in [0, 0.05) is 32.1 Å². The summed E-state index contributed by atoms with van der Waals surface area (Å²) in [6, 6.07) is 1.57. The lowest BCUT2D eigenvalue weighted by atomic mass is 9.92. The summed E-state index contributed by atoms with van der Waals surface area (Å²) in [4.78, 5) is 15.5. The first-order chi connectivity index (χ1) is 6.43. The standard InChI is InChI=1S/C11H22N2O/c1-8-6-11(13(5)10(3)14)7-9(2)12(8)4/h8-9,11H,6-7H2,1-5H3. The lowest BCUT2D eigenvalue weighted by molar-refractivity contribution is -0.131. The molecule has 0 aliphatic carbocycles. The van der Waals surface area contributed by atoms with Crippen LogP contribution in [0, 0.1) is 0 Å². The molecule has 1 aliphatic rings. The fourth-order valence-electron chi connectivity index (χ4n) is 2.22. The smallest absolute Gasteiger partial charge is 0.219 e. The van der Waals surface area contributed by atoms with Gasteiger partial charge in [0.2, 0.25) is 5.91 Å². The minimum atomic E-state index is 0.180. The highest BCUT2D eigenvalue weighted by molar-refractivity contribution is 5.73. The average Bonchev–Trinajstić information content (AvgIpc) is 2.12. The third kappa shape index (κ3) is 2.27. The maximum Gasteiger partial charge on any atom is 0.219 e. The molecule has 0 spiro atoms. The van der Waals surface area contributed by atoms with Crippen LogP contribution in [0.1, 0.15) is 33.6 Å². The molecule has 1 saturated heterocycles. The monoisotopic (exact) mass is 198 g/mol. The van der Waals surface area contributed by atoms with Crippen molar-refractivity contribution in [1.29, 1.82) is 0 Å². The van der Waals surface area contributed by atoms with Gasteiger partial charge in [0.15, 0.2) is 0 Å². The van der Waals surface area contributed by atoms with E-state index in [2.05, 4.69) is 25.8 Å². The molecule has 2 atom stereocenters. The van der Waals surface area contributed by atoms with E-state index in [0.29, 0.717) is 18.1 Å². The van der Waals surface area contributed by atoms with Crippen LogP contribution in [-0.4, -0.2) is 47.9 Å². The zero-order valence-electron chi connectivity index (χ0n) is 9.95. The van der Waals surface area contributed by atoms with Gasteiger partial charge in [0.25, 0.3) is 0 Å². The number of rotatable bonds is 1. The summed E-state index contributed by atoms with van der Waals surface area (Å²) in [7, 11) is 4.08. The summed E-state index contributed by atoms with van der Waals surface area (Å²) >= 11 is 0. The van der Waals surface area contributed by atoms with Crippen molar-refractivity contribution in [2.45, 2.75) is 51.7 Å². The summed E-state index contributed by atoms with van der Waals surface area (Å²) in [6.07, 6.45) is 2.19. The zero-order chi connectivity index (χ0) is 10.9. The van der Waals surface area contributed by atoms with Crippen molar-refractivity contribution >= 4 is 5.91 Å². The first-order valence-electron chi connectivity index (χ1n) is 5.38. The number of nitrogens with zero attached hydrogens (tertiary/aromatic N) is 2. The van der Waals surface area contributed by atoms with Gasteiger partial charge in [-0.1, -0.05) is 0 Å². The first-order valence-corrected chi connectivity index (χ1v) is 5.38. The van der Waals surface area contributed by atoms with Gasteiger partial charge in [0.1, 0.15) is 0 Å². The fraction of sp³-hybridized carbons (Fsp3) is 0.909. The molecular formula is C11H22N2O. The summed E-state index contributed by atoms with van der Waals surface area (Å²) in [6.45, 7) is 6.11. The maximum absolute atomic E-state index is 11.3. The maximum atomic E-state index is 11.3. The number of piperidine rings is 1. The predicted octanol–water partition coefficient (Wildman–Crippen LogP) is 1.34. The zero-order valence-corrected chi connectivity index (χ0v) is 9.95. The second-order valence-electron chi connectivity index (χ2n) is 4.62. The van der Waals surface area contributed by atoms with Crippen LogP contribution in [0.2, 0.25) is 0 Å². The van der Waals surface area contributed by atoms with E-state index in [9.17, 15) is 4.79 Å². The van der Waals surface area contributed by atoms with Crippen LogP contribution in [0.4, 0.5) is 0 Å². The summed E-state index contributed by atoms with van der Waals surface area (Å²) in [5, 5.41) is 0. The van der Waals surface area contributed by atoms with Gasteiger partial charge in [-0.3, -0.25) is 4.79 Å². The Morgan fingerprint density at radius 3 is 2.07 bits per heavy atom. The van der Waals surface area contributed by atoms with Gasteiger partial charge in [-0.25, -0.2) is 0 Å². The van der Waals surface area contributed by atoms with Crippen molar-refractivity contribution in [2.24, 2.45) is 0 Å². The Morgan fingerprint density at radius 2 is 1.71 bits per heavy atom. The molecule has 3 heteroatoms. The van der Waals surface area contributed by atoms with Crippen LogP contribution in [0.3, 0.4) is 0 Å². The molecule has 82 valence electrons. The van der Waals surface area contributed by atoms with Gasteiger partial charge >= 0.3 is 0 Å². The minimum absolute atomic E-state index is 0.180. The Morgan fingerprint density at radius 1 is 1.29 bits per heavy atom. The average molecular weight is 198 g/mol. The number of hydrogen-bond acceptors (Lipinski definition) is 2. The topological polar surface area (TPSA) is 23.6 Å². The predicted molar refractivity (Wildman–Crippen MR) is 58.2 cm³/mol. The second kappa shape index (κ2) is 4.30. The van der Waals surface area contributed by atoms with Crippen LogP contribution in [0.15, 0.2) is 0 Å². The van der Waals surface area contributed by atoms with Gasteiger partial charge < -0.3 is 9.80 Å². The summed E-state index contributed by atoms with van der Waals surface area (Å²) < 4.78 is 0. The Kier molecular flexibility index (Phi) is 3.53.